The van der Waals surface area contributed by atoms with Gasteiger partial charge in [-0.2, -0.15) is 0 Å². The van der Waals surface area contributed by atoms with Crippen LogP contribution in [0.2, 0.25) is 0 Å². The fourth-order valence-corrected chi connectivity index (χ4v) is 8.57. The predicted molar refractivity (Wildman–Crippen MR) is 290 cm³/mol. The highest BCUT2D eigenvalue weighted by atomic mass is 31.2. The van der Waals surface area contributed by atoms with E-state index >= 15 is 0 Å². The molecule has 3 unspecified atom stereocenters. The van der Waals surface area contributed by atoms with Crippen LogP contribution in [0.1, 0.15) is 239 Å². The van der Waals surface area contributed by atoms with Crippen LogP contribution in [-0.2, 0) is 18.4 Å². The van der Waals surface area contributed by atoms with Crippen molar-refractivity contribution < 1.29 is 32.9 Å². The Kier molecular flexibility index (Phi) is 47.4. The molecule has 0 rings (SSSR count). The van der Waals surface area contributed by atoms with Crippen molar-refractivity contribution in [1.29, 1.82) is 0 Å². The smallest absolute Gasteiger partial charge is 0.387 e. The number of carbonyl (C=O) groups excluding carboxylic acids is 1. The molecular weight excluding hydrogens is 852 g/mol. The van der Waals surface area contributed by atoms with Crippen LogP contribution in [0.3, 0.4) is 0 Å². The van der Waals surface area contributed by atoms with E-state index < -0.39 is 20.0 Å². The van der Waals surface area contributed by atoms with Gasteiger partial charge in [0.05, 0.1) is 39.9 Å². The largest absolute Gasteiger partial charge is 0.472 e. The number of phosphoric acid groups is 1. The molecule has 0 aliphatic heterocycles. The SMILES string of the molecule is CC/C=C\C/C=C\C/C=C\C/C=C\C/C=C\CCCCCC(=O)NC(COP(=O)(O)OCC[N+](C)(C)C)C(O)/C=C/CCCCCCCCCCCCCCCCCCCCCCCCCC. The molecule has 67 heavy (non-hydrogen) atoms. The average molecular weight is 960 g/mol. The number of rotatable bonds is 50. The Morgan fingerprint density at radius 1 is 0.522 bits per heavy atom. The van der Waals surface area contributed by atoms with Gasteiger partial charge in [0.1, 0.15) is 13.2 Å². The van der Waals surface area contributed by atoms with Gasteiger partial charge in [-0.1, -0.05) is 241 Å². The summed E-state index contributed by atoms with van der Waals surface area (Å²) < 4.78 is 23.7. The number of aliphatic hydroxyl groups excluding tert-OH is 1. The number of allylic oxidation sites excluding steroid dienone is 11. The highest BCUT2D eigenvalue weighted by molar-refractivity contribution is 7.47. The summed E-state index contributed by atoms with van der Waals surface area (Å²) in [5, 5.41) is 13.9. The second-order valence-electron chi connectivity index (χ2n) is 19.9. The minimum absolute atomic E-state index is 0.0516. The zero-order valence-electron chi connectivity index (χ0n) is 44.4. The van der Waals surface area contributed by atoms with Crippen molar-refractivity contribution in [3.63, 3.8) is 0 Å². The minimum Gasteiger partial charge on any atom is -0.387 e. The number of aliphatic hydroxyl groups is 1. The van der Waals surface area contributed by atoms with Gasteiger partial charge in [0.25, 0.3) is 0 Å². The lowest BCUT2D eigenvalue weighted by Gasteiger charge is -2.25. The molecule has 0 aromatic heterocycles. The van der Waals surface area contributed by atoms with Crippen molar-refractivity contribution in [2.45, 2.75) is 251 Å². The number of carbonyl (C=O) groups is 1. The Labute approximate surface area is 414 Å². The van der Waals surface area contributed by atoms with Gasteiger partial charge >= 0.3 is 7.82 Å². The molecular formula is C58H108N2O6P+. The van der Waals surface area contributed by atoms with Crippen LogP contribution in [0.4, 0.5) is 0 Å². The molecule has 1 amide bonds. The van der Waals surface area contributed by atoms with Crippen molar-refractivity contribution in [2.75, 3.05) is 40.9 Å². The van der Waals surface area contributed by atoms with Crippen molar-refractivity contribution in [3.8, 4) is 0 Å². The van der Waals surface area contributed by atoms with Gasteiger partial charge < -0.3 is 19.8 Å². The normalized spacial score (nSPS) is 14.6. The van der Waals surface area contributed by atoms with Crippen molar-refractivity contribution in [1.82, 2.24) is 5.32 Å². The maximum Gasteiger partial charge on any atom is 0.472 e. The lowest BCUT2D eigenvalue weighted by Crippen LogP contribution is -2.45. The Bertz CT molecular complexity index is 1320. The molecule has 0 saturated heterocycles. The highest BCUT2D eigenvalue weighted by Gasteiger charge is 2.27. The van der Waals surface area contributed by atoms with Gasteiger partial charge in [0, 0.05) is 6.42 Å². The Morgan fingerprint density at radius 3 is 1.31 bits per heavy atom. The van der Waals surface area contributed by atoms with Gasteiger partial charge in [-0.3, -0.25) is 13.8 Å². The second-order valence-corrected chi connectivity index (χ2v) is 21.4. The molecule has 0 aliphatic rings. The summed E-state index contributed by atoms with van der Waals surface area (Å²) in [4.78, 5) is 23.3. The molecule has 0 heterocycles. The summed E-state index contributed by atoms with van der Waals surface area (Å²) >= 11 is 0. The zero-order chi connectivity index (χ0) is 49.2. The van der Waals surface area contributed by atoms with E-state index in [1.165, 1.54) is 141 Å². The Balaban J connectivity index is 4.29. The van der Waals surface area contributed by atoms with E-state index in [1.54, 1.807) is 6.08 Å². The molecule has 0 radical (unpaired) electrons. The summed E-state index contributed by atoms with van der Waals surface area (Å²) in [6.07, 6.45) is 67.2. The fourth-order valence-electron chi connectivity index (χ4n) is 7.83. The Hall–Kier alpha value is -2.06. The number of amides is 1. The van der Waals surface area contributed by atoms with Crippen LogP contribution in [-0.4, -0.2) is 73.4 Å². The monoisotopic (exact) mass is 960 g/mol. The number of unbranched alkanes of at least 4 members (excludes halogenated alkanes) is 27. The summed E-state index contributed by atoms with van der Waals surface area (Å²) in [7, 11) is 1.54. The third-order valence-electron chi connectivity index (χ3n) is 12.2. The van der Waals surface area contributed by atoms with Crippen molar-refractivity contribution in [3.05, 3.63) is 72.9 Å². The molecule has 0 aromatic rings. The number of phosphoric ester groups is 1. The maximum atomic E-state index is 12.9. The molecule has 0 spiro atoms. The second kappa shape index (κ2) is 48.9. The van der Waals surface area contributed by atoms with Crippen molar-refractivity contribution in [2.24, 2.45) is 0 Å². The third kappa shape index (κ3) is 51.6. The molecule has 0 saturated carbocycles. The predicted octanol–water partition coefficient (Wildman–Crippen LogP) is 16.7. The minimum atomic E-state index is -4.36. The first-order chi connectivity index (χ1) is 32.5. The maximum absolute atomic E-state index is 12.9. The van der Waals surface area contributed by atoms with Gasteiger partial charge in [0.2, 0.25) is 5.91 Å². The number of hydrogen-bond donors (Lipinski definition) is 3. The van der Waals surface area contributed by atoms with Gasteiger partial charge in [0.15, 0.2) is 0 Å². The van der Waals surface area contributed by atoms with E-state index in [9.17, 15) is 19.4 Å². The standard InChI is InChI=1S/C58H107N2O6P/c1-6-8-10-12-14-16-18-20-22-24-26-27-28-29-30-31-32-34-35-37-39-41-43-45-47-49-51-57(61)56(55-66-67(63,64)65-54-53-60(3,4)5)59-58(62)52-50-48-46-44-42-40-38-36-33-25-23-21-19-17-15-13-11-9-7-2/h9,11,15,17,21,23,33,36,40,42,49,51,56-57,61H,6-8,10,12-14,16,18-20,22,24-32,34-35,37-39,41,43-48,50,52-55H2,1-5H3,(H-,59,62,63,64)/p+1/b11-9-,17-15-,23-21-,36-33-,42-40-,51-49+. The van der Waals surface area contributed by atoms with E-state index in [0.717, 1.165) is 77.0 Å². The molecule has 3 atom stereocenters. The zero-order valence-corrected chi connectivity index (χ0v) is 45.3. The van der Waals surface area contributed by atoms with Crippen molar-refractivity contribution >= 4 is 13.7 Å². The van der Waals surface area contributed by atoms with E-state index in [0.29, 0.717) is 17.4 Å². The average Bonchev–Trinajstić information content (AvgIpc) is 3.29. The van der Waals surface area contributed by atoms with Crippen LogP contribution in [0.15, 0.2) is 72.9 Å². The quantitative estimate of drug-likeness (QED) is 0.0243. The molecule has 390 valence electrons. The lowest BCUT2D eigenvalue weighted by molar-refractivity contribution is -0.870. The summed E-state index contributed by atoms with van der Waals surface area (Å²) in [5.41, 5.74) is 0. The van der Waals surface area contributed by atoms with Gasteiger partial charge in [-0.25, -0.2) is 4.57 Å². The fraction of sp³-hybridized carbons (Fsp3) is 0.776. The number of nitrogens with one attached hydrogen (secondary N) is 1. The molecule has 0 aromatic carbocycles. The third-order valence-corrected chi connectivity index (χ3v) is 13.2. The molecule has 3 N–H and O–H groups in total. The molecule has 0 fully saturated rings. The van der Waals surface area contributed by atoms with Gasteiger partial charge in [-0.05, 0) is 64.2 Å². The first-order valence-corrected chi connectivity index (χ1v) is 29.3. The summed E-state index contributed by atoms with van der Waals surface area (Å²) in [6.45, 7) is 4.69. The van der Waals surface area contributed by atoms with Crippen LogP contribution in [0, 0.1) is 0 Å². The number of quaternary nitrogens is 1. The first kappa shape index (κ1) is 64.9. The van der Waals surface area contributed by atoms with E-state index in [1.807, 2.05) is 27.2 Å². The van der Waals surface area contributed by atoms with Gasteiger partial charge in [-0.15, -0.1) is 0 Å². The highest BCUT2D eigenvalue weighted by Crippen LogP contribution is 2.43. The van der Waals surface area contributed by atoms with Crippen LogP contribution < -0.4 is 5.32 Å². The lowest BCUT2D eigenvalue weighted by atomic mass is 10.0. The number of nitrogens with zero attached hydrogens (tertiary/aromatic N) is 1. The van der Waals surface area contributed by atoms with E-state index in [-0.39, 0.29) is 19.1 Å². The topological polar surface area (TPSA) is 105 Å². The van der Waals surface area contributed by atoms with E-state index in [2.05, 4.69) is 79.9 Å². The first-order valence-electron chi connectivity index (χ1n) is 27.8. The summed E-state index contributed by atoms with van der Waals surface area (Å²) in [6, 6.07) is -0.869. The number of hydrogen-bond acceptors (Lipinski definition) is 5. The van der Waals surface area contributed by atoms with Crippen LogP contribution in [0.5, 0.6) is 0 Å². The Morgan fingerprint density at radius 2 is 0.896 bits per heavy atom. The van der Waals surface area contributed by atoms with E-state index in [4.69, 9.17) is 9.05 Å². The number of likely N-dealkylation sites (N-methyl/N-ethyl adjacent to an activating group) is 1. The molecule has 9 heteroatoms. The molecule has 8 nitrogen and oxygen atoms in total. The van der Waals surface area contributed by atoms with Crippen LogP contribution >= 0.6 is 7.82 Å². The molecule has 0 bridgehead atoms. The molecule has 0 aliphatic carbocycles. The summed E-state index contributed by atoms with van der Waals surface area (Å²) in [5.74, 6) is -0.209. The van der Waals surface area contributed by atoms with Crippen LogP contribution in [0.25, 0.3) is 0 Å².